The van der Waals surface area contributed by atoms with Crippen molar-refractivity contribution >= 4 is 10.0 Å². The van der Waals surface area contributed by atoms with Gasteiger partial charge in [0.2, 0.25) is 10.0 Å². The zero-order chi connectivity index (χ0) is 11.5. The van der Waals surface area contributed by atoms with Gasteiger partial charge in [-0.25, -0.2) is 13.1 Å². The SMILES string of the molecule is CC(C)(C)CCS(=O)(=O)NCC1CCC1. The average molecular weight is 233 g/mol. The summed E-state index contributed by atoms with van der Waals surface area (Å²) in [6.45, 7) is 6.84. The van der Waals surface area contributed by atoms with E-state index in [1.54, 1.807) is 0 Å². The minimum absolute atomic E-state index is 0.0885. The predicted molar refractivity (Wildman–Crippen MR) is 63.2 cm³/mol. The summed E-state index contributed by atoms with van der Waals surface area (Å²) in [5, 5.41) is 0. The van der Waals surface area contributed by atoms with Gasteiger partial charge in [-0.15, -0.1) is 0 Å². The molecule has 0 aromatic carbocycles. The molecule has 4 heteroatoms. The van der Waals surface area contributed by atoms with Gasteiger partial charge in [0, 0.05) is 6.54 Å². The molecule has 90 valence electrons. The summed E-state index contributed by atoms with van der Waals surface area (Å²) in [6, 6.07) is 0. The van der Waals surface area contributed by atoms with Gasteiger partial charge in [-0.05, 0) is 30.6 Å². The summed E-state index contributed by atoms with van der Waals surface area (Å²) in [7, 11) is -3.04. The van der Waals surface area contributed by atoms with E-state index < -0.39 is 10.0 Å². The second kappa shape index (κ2) is 4.83. The Hall–Kier alpha value is -0.0900. The van der Waals surface area contributed by atoms with E-state index in [-0.39, 0.29) is 11.2 Å². The van der Waals surface area contributed by atoms with Gasteiger partial charge in [0.25, 0.3) is 0 Å². The van der Waals surface area contributed by atoms with Crippen LogP contribution in [0.3, 0.4) is 0 Å². The summed E-state index contributed by atoms with van der Waals surface area (Å²) in [4.78, 5) is 0. The van der Waals surface area contributed by atoms with Crippen LogP contribution in [0.2, 0.25) is 0 Å². The molecule has 1 saturated carbocycles. The second-order valence-corrected chi connectivity index (χ2v) is 7.70. The molecular weight excluding hydrogens is 210 g/mol. The lowest BCUT2D eigenvalue weighted by Crippen LogP contribution is -2.34. The third kappa shape index (κ3) is 5.52. The molecule has 0 heterocycles. The van der Waals surface area contributed by atoms with E-state index in [0.717, 1.165) is 0 Å². The Morgan fingerprint density at radius 1 is 1.27 bits per heavy atom. The molecule has 1 aliphatic carbocycles. The van der Waals surface area contributed by atoms with Crippen molar-refractivity contribution in [2.24, 2.45) is 11.3 Å². The normalized spacial score (nSPS) is 18.9. The Morgan fingerprint density at radius 3 is 2.27 bits per heavy atom. The van der Waals surface area contributed by atoms with Crippen LogP contribution in [0.1, 0.15) is 46.5 Å². The van der Waals surface area contributed by atoms with Crippen LogP contribution in [0, 0.1) is 11.3 Å². The van der Waals surface area contributed by atoms with Crippen LogP contribution in [0.4, 0.5) is 0 Å². The van der Waals surface area contributed by atoms with Crippen LogP contribution >= 0.6 is 0 Å². The monoisotopic (exact) mass is 233 g/mol. The third-order valence-electron chi connectivity index (χ3n) is 2.94. The fourth-order valence-corrected chi connectivity index (χ4v) is 2.97. The van der Waals surface area contributed by atoms with E-state index in [9.17, 15) is 8.42 Å². The van der Waals surface area contributed by atoms with Crippen molar-refractivity contribution in [2.75, 3.05) is 12.3 Å². The summed E-state index contributed by atoms with van der Waals surface area (Å²) >= 11 is 0. The molecule has 0 amide bonds. The highest BCUT2D eigenvalue weighted by molar-refractivity contribution is 7.89. The van der Waals surface area contributed by atoms with E-state index in [0.29, 0.717) is 18.9 Å². The molecule has 0 spiro atoms. The standard InChI is InChI=1S/C11H23NO2S/c1-11(2,3)7-8-15(13,14)12-9-10-5-4-6-10/h10,12H,4-9H2,1-3H3. The van der Waals surface area contributed by atoms with Crippen molar-refractivity contribution in [1.29, 1.82) is 0 Å². The lowest BCUT2D eigenvalue weighted by molar-refractivity contribution is 0.316. The van der Waals surface area contributed by atoms with Gasteiger partial charge in [0.15, 0.2) is 0 Å². The van der Waals surface area contributed by atoms with Gasteiger partial charge in [-0.3, -0.25) is 0 Å². The van der Waals surface area contributed by atoms with Gasteiger partial charge in [0.05, 0.1) is 5.75 Å². The lowest BCUT2D eigenvalue weighted by atomic mass is 9.86. The van der Waals surface area contributed by atoms with E-state index in [1.807, 2.05) is 0 Å². The van der Waals surface area contributed by atoms with Crippen LogP contribution < -0.4 is 4.72 Å². The van der Waals surface area contributed by atoms with Crippen molar-refractivity contribution in [2.45, 2.75) is 46.5 Å². The maximum atomic E-state index is 11.6. The highest BCUT2D eigenvalue weighted by Gasteiger charge is 2.21. The Kier molecular flexibility index (Phi) is 4.18. The maximum absolute atomic E-state index is 11.6. The van der Waals surface area contributed by atoms with Crippen molar-refractivity contribution in [3.63, 3.8) is 0 Å². The van der Waals surface area contributed by atoms with Gasteiger partial charge >= 0.3 is 0 Å². The zero-order valence-corrected chi connectivity index (χ0v) is 10.9. The van der Waals surface area contributed by atoms with Gasteiger partial charge in [-0.1, -0.05) is 27.2 Å². The maximum Gasteiger partial charge on any atom is 0.211 e. The molecule has 1 rings (SSSR count). The Balaban J connectivity index is 2.25. The first-order chi connectivity index (χ1) is 6.79. The first-order valence-electron chi connectivity index (χ1n) is 5.76. The molecule has 0 atom stereocenters. The van der Waals surface area contributed by atoms with E-state index >= 15 is 0 Å². The highest BCUT2D eigenvalue weighted by atomic mass is 32.2. The van der Waals surface area contributed by atoms with Crippen LogP contribution in [0.25, 0.3) is 0 Å². The number of rotatable bonds is 5. The Labute approximate surface area is 93.7 Å². The van der Waals surface area contributed by atoms with Gasteiger partial charge in [0.1, 0.15) is 0 Å². The van der Waals surface area contributed by atoms with Crippen LogP contribution in [0.5, 0.6) is 0 Å². The van der Waals surface area contributed by atoms with E-state index in [1.165, 1.54) is 19.3 Å². The molecule has 0 aromatic rings. The van der Waals surface area contributed by atoms with Gasteiger partial charge in [-0.2, -0.15) is 0 Å². The van der Waals surface area contributed by atoms with Crippen molar-refractivity contribution in [3.8, 4) is 0 Å². The fraction of sp³-hybridized carbons (Fsp3) is 1.00. The topological polar surface area (TPSA) is 46.2 Å². The molecule has 1 N–H and O–H groups in total. The molecular formula is C11H23NO2S. The Bertz CT molecular complexity index is 286. The lowest BCUT2D eigenvalue weighted by Gasteiger charge is -2.25. The first-order valence-corrected chi connectivity index (χ1v) is 7.41. The first kappa shape index (κ1) is 13.0. The van der Waals surface area contributed by atoms with Crippen LogP contribution in [0.15, 0.2) is 0 Å². The molecule has 1 aliphatic rings. The molecule has 0 saturated heterocycles. The summed E-state index contributed by atoms with van der Waals surface area (Å²) in [6.07, 6.45) is 4.34. The number of nitrogens with one attached hydrogen (secondary N) is 1. The van der Waals surface area contributed by atoms with E-state index in [2.05, 4.69) is 25.5 Å². The number of hydrogen-bond acceptors (Lipinski definition) is 2. The highest BCUT2D eigenvalue weighted by Crippen LogP contribution is 2.25. The number of hydrogen-bond donors (Lipinski definition) is 1. The quantitative estimate of drug-likeness (QED) is 0.791. The molecule has 0 unspecified atom stereocenters. The van der Waals surface area contributed by atoms with Crippen LogP contribution in [-0.4, -0.2) is 20.7 Å². The zero-order valence-electron chi connectivity index (χ0n) is 10.0. The van der Waals surface area contributed by atoms with E-state index in [4.69, 9.17) is 0 Å². The predicted octanol–water partition coefficient (Wildman–Crippen LogP) is 2.14. The van der Waals surface area contributed by atoms with Crippen molar-refractivity contribution in [3.05, 3.63) is 0 Å². The fourth-order valence-electron chi connectivity index (χ4n) is 1.45. The molecule has 0 aromatic heterocycles. The van der Waals surface area contributed by atoms with Crippen molar-refractivity contribution < 1.29 is 8.42 Å². The largest absolute Gasteiger partial charge is 0.215 e. The summed E-state index contributed by atoms with van der Waals surface area (Å²) in [5.74, 6) is 0.845. The molecule has 0 radical (unpaired) electrons. The molecule has 0 aliphatic heterocycles. The van der Waals surface area contributed by atoms with Crippen molar-refractivity contribution in [1.82, 2.24) is 4.72 Å². The summed E-state index contributed by atoms with van der Waals surface area (Å²) in [5.41, 5.74) is 0.0885. The molecule has 3 nitrogen and oxygen atoms in total. The third-order valence-corrected chi connectivity index (χ3v) is 4.29. The molecule has 15 heavy (non-hydrogen) atoms. The molecule has 0 bridgehead atoms. The Morgan fingerprint density at radius 2 is 1.87 bits per heavy atom. The minimum atomic E-state index is -3.04. The van der Waals surface area contributed by atoms with Gasteiger partial charge < -0.3 is 0 Å². The average Bonchev–Trinajstić information content (AvgIpc) is 1.97. The summed E-state index contributed by atoms with van der Waals surface area (Å²) < 4.78 is 25.9. The second-order valence-electron chi connectivity index (χ2n) is 5.77. The smallest absolute Gasteiger partial charge is 0.211 e. The van der Waals surface area contributed by atoms with Crippen LogP contribution in [-0.2, 0) is 10.0 Å². The minimum Gasteiger partial charge on any atom is -0.215 e. The molecule has 1 fully saturated rings. The number of sulfonamides is 1.